The summed E-state index contributed by atoms with van der Waals surface area (Å²) in [5, 5.41) is 4.38. The van der Waals surface area contributed by atoms with Gasteiger partial charge >= 0.3 is 0 Å². The molecule has 0 spiro atoms. The molecule has 146 valence electrons. The maximum absolute atomic E-state index is 14.2. The standard InChI is InChI=1S/C20H28FN5O/c1-4-9-18-22-19(23-26(18)17-11-8-7-10-16(17)21)20(27)25-13-12-15(14-25)24(5-2)6-3/h7-8,10-11,15H,4-6,9,12-14H2,1-3H3. The third-order valence-corrected chi connectivity index (χ3v) is 5.20. The van der Waals surface area contributed by atoms with Crippen molar-refractivity contribution in [3.63, 3.8) is 0 Å². The molecule has 1 aliphatic rings. The van der Waals surface area contributed by atoms with Gasteiger partial charge in [0, 0.05) is 25.6 Å². The van der Waals surface area contributed by atoms with Crippen LogP contribution in [-0.2, 0) is 6.42 Å². The van der Waals surface area contributed by atoms with E-state index in [1.54, 1.807) is 18.2 Å². The van der Waals surface area contributed by atoms with Gasteiger partial charge in [-0.3, -0.25) is 9.69 Å². The molecule has 1 aromatic carbocycles. The molecule has 3 rings (SSSR count). The molecule has 1 saturated heterocycles. The first-order valence-corrected chi connectivity index (χ1v) is 9.83. The van der Waals surface area contributed by atoms with Crippen LogP contribution in [0.4, 0.5) is 4.39 Å². The second-order valence-electron chi connectivity index (χ2n) is 6.88. The Labute approximate surface area is 160 Å². The van der Waals surface area contributed by atoms with Gasteiger partial charge in [-0.25, -0.2) is 14.1 Å². The number of carbonyl (C=O) groups is 1. The van der Waals surface area contributed by atoms with E-state index >= 15 is 0 Å². The fraction of sp³-hybridized carbons (Fsp3) is 0.550. The van der Waals surface area contributed by atoms with Crippen molar-refractivity contribution in [2.45, 2.75) is 46.1 Å². The van der Waals surface area contributed by atoms with Crippen molar-refractivity contribution >= 4 is 5.91 Å². The van der Waals surface area contributed by atoms with Crippen LogP contribution in [-0.4, -0.2) is 62.7 Å². The van der Waals surface area contributed by atoms with Gasteiger partial charge < -0.3 is 4.90 Å². The highest BCUT2D eigenvalue weighted by molar-refractivity contribution is 5.90. The molecule has 1 aromatic heterocycles. The number of rotatable bonds is 7. The van der Waals surface area contributed by atoms with Gasteiger partial charge in [-0.05, 0) is 38.1 Å². The number of hydrogen-bond donors (Lipinski definition) is 0. The van der Waals surface area contributed by atoms with Crippen LogP contribution in [0, 0.1) is 5.82 Å². The molecule has 1 fully saturated rings. The minimum Gasteiger partial charge on any atom is -0.334 e. The summed E-state index contributed by atoms with van der Waals surface area (Å²) in [6, 6.07) is 6.83. The molecule has 27 heavy (non-hydrogen) atoms. The molecule has 1 atom stereocenters. The lowest BCUT2D eigenvalue weighted by Crippen LogP contribution is -2.38. The average molecular weight is 373 g/mol. The zero-order valence-corrected chi connectivity index (χ0v) is 16.4. The minimum atomic E-state index is -0.374. The third kappa shape index (κ3) is 4.03. The SMILES string of the molecule is CCCc1nc(C(=O)N2CCC(N(CC)CC)C2)nn1-c1ccccc1F. The van der Waals surface area contributed by atoms with Crippen LogP contribution in [0.15, 0.2) is 24.3 Å². The Kier molecular flexibility index (Phi) is 6.21. The molecule has 1 amide bonds. The summed E-state index contributed by atoms with van der Waals surface area (Å²) in [4.78, 5) is 21.6. The van der Waals surface area contributed by atoms with Crippen LogP contribution < -0.4 is 0 Å². The Morgan fingerprint density at radius 3 is 2.67 bits per heavy atom. The lowest BCUT2D eigenvalue weighted by molar-refractivity contribution is 0.0766. The first kappa shape index (κ1) is 19.5. The minimum absolute atomic E-state index is 0.155. The number of halogens is 1. The second kappa shape index (κ2) is 8.61. The predicted molar refractivity (Wildman–Crippen MR) is 103 cm³/mol. The fourth-order valence-corrected chi connectivity index (χ4v) is 3.74. The first-order chi connectivity index (χ1) is 13.1. The molecule has 0 bridgehead atoms. The molecule has 2 aromatic rings. The van der Waals surface area contributed by atoms with Crippen molar-refractivity contribution in [3.05, 3.63) is 41.7 Å². The van der Waals surface area contributed by atoms with E-state index < -0.39 is 0 Å². The van der Waals surface area contributed by atoms with Gasteiger partial charge in [0.05, 0.1) is 0 Å². The largest absolute Gasteiger partial charge is 0.334 e. The third-order valence-electron chi connectivity index (χ3n) is 5.20. The van der Waals surface area contributed by atoms with E-state index in [9.17, 15) is 9.18 Å². The zero-order valence-electron chi connectivity index (χ0n) is 16.4. The van der Waals surface area contributed by atoms with Crippen molar-refractivity contribution in [2.24, 2.45) is 0 Å². The van der Waals surface area contributed by atoms with Gasteiger partial charge in [-0.2, -0.15) is 0 Å². The number of hydrogen-bond acceptors (Lipinski definition) is 4. The van der Waals surface area contributed by atoms with E-state index in [4.69, 9.17) is 0 Å². The van der Waals surface area contributed by atoms with Crippen molar-refractivity contribution in [1.82, 2.24) is 24.6 Å². The Morgan fingerprint density at radius 1 is 1.26 bits per heavy atom. The molecule has 0 radical (unpaired) electrons. The molecular formula is C20H28FN5O. The van der Waals surface area contributed by atoms with Crippen LogP contribution in [0.25, 0.3) is 5.69 Å². The number of benzene rings is 1. The Morgan fingerprint density at radius 2 is 2.00 bits per heavy atom. The van der Waals surface area contributed by atoms with E-state index in [0.717, 1.165) is 25.9 Å². The molecule has 0 N–H and O–H groups in total. The van der Waals surface area contributed by atoms with Crippen LogP contribution in [0.5, 0.6) is 0 Å². The van der Waals surface area contributed by atoms with Crippen LogP contribution in [0.2, 0.25) is 0 Å². The summed E-state index contributed by atoms with van der Waals surface area (Å²) in [7, 11) is 0. The molecule has 0 saturated carbocycles. The number of aryl methyl sites for hydroxylation is 1. The Balaban J connectivity index is 1.84. The fourth-order valence-electron chi connectivity index (χ4n) is 3.74. The number of amides is 1. The van der Waals surface area contributed by atoms with E-state index in [0.29, 0.717) is 37.1 Å². The number of para-hydroxylation sites is 1. The number of likely N-dealkylation sites (tertiary alicyclic amines) is 1. The van der Waals surface area contributed by atoms with E-state index in [1.807, 2.05) is 11.8 Å². The summed E-state index contributed by atoms with van der Waals surface area (Å²) in [6.45, 7) is 9.66. The van der Waals surface area contributed by atoms with E-state index in [-0.39, 0.29) is 17.5 Å². The quantitative estimate of drug-likeness (QED) is 0.749. The van der Waals surface area contributed by atoms with Gasteiger partial charge in [0.2, 0.25) is 5.82 Å². The number of likely N-dealkylation sites (N-methyl/N-ethyl adjacent to an activating group) is 1. The normalized spacial score (nSPS) is 17.1. The van der Waals surface area contributed by atoms with Gasteiger partial charge in [0.1, 0.15) is 17.3 Å². The van der Waals surface area contributed by atoms with Crippen molar-refractivity contribution in [2.75, 3.05) is 26.2 Å². The summed E-state index contributed by atoms with van der Waals surface area (Å²) in [5.41, 5.74) is 0.329. The lowest BCUT2D eigenvalue weighted by Gasteiger charge is -2.25. The van der Waals surface area contributed by atoms with Gasteiger partial charge in [0.25, 0.3) is 5.91 Å². The van der Waals surface area contributed by atoms with Crippen molar-refractivity contribution in [3.8, 4) is 5.69 Å². The molecular weight excluding hydrogens is 345 g/mol. The topological polar surface area (TPSA) is 54.3 Å². The van der Waals surface area contributed by atoms with Gasteiger partial charge in [0.15, 0.2) is 0 Å². The van der Waals surface area contributed by atoms with E-state index in [2.05, 4.69) is 28.8 Å². The second-order valence-corrected chi connectivity index (χ2v) is 6.88. The number of nitrogens with zero attached hydrogens (tertiary/aromatic N) is 5. The molecule has 7 heteroatoms. The molecule has 6 nitrogen and oxygen atoms in total. The first-order valence-electron chi connectivity index (χ1n) is 9.83. The summed E-state index contributed by atoms with van der Waals surface area (Å²) >= 11 is 0. The molecule has 1 aliphatic heterocycles. The zero-order chi connectivity index (χ0) is 19.4. The Hall–Kier alpha value is -2.28. The molecule has 0 aliphatic carbocycles. The lowest BCUT2D eigenvalue weighted by atomic mass is 10.2. The summed E-state index contributed by atoms with van der Waals surface area (Å²) in [5.74, 6) is 0.228. The summed E-state index contributed by atoms with van der Waals surface area (Å²) in [6.07, 6.45) is 2.44. The summed E-state index contributed by atoms with van der Waals surface area (Å²) < 4.78 is 15.7. The van der Waals surface area contributed by atoms with Crippen molar-refractivity contribution in [1.29, 1.82) is 0 Å². The maximum Gasteiger partial charge on any atom is 0.293 e. The van der Waals surface area contributed by atoms with Gasteiger partial charge in [-0.1, -0.05) is 32.9 Å². The number of aromatic nitrogens is 3. The smallest absolute Gasteiger partial charge is 0.293 e. The maximum atomic E-state index is 14.2. The van der Waals surface area contributed by atoms with Crippen molar-refractivity contribution < 1.29 is 9.18 Å². The predicted octanol–water partition coefficient (Wildman–Crippen LogP) is 2.92. The number of carbonyl (C=O) groups excluding carboxylic acids is 1. The van der Waals surface area contributed by atoms with Crippen LogP contribution in [0.1, 0.15) is 50.1 Å². The highest BCUT2D eigenvalue weighted by Crippen LogP contribution is 2.19. The average Bonchev–Trinajstić information content (AvgIpc) is 3.31. The molecule has 1 unspecified atom stereocenters. The van der Waals surface area contributed by atoms with Crippen LogP contribution in [0.3, 0.4) is 0 Å². The van der Waals surface area contributed by atoms with Gasteiger partial charge in [-0.15, -0.1) is 5.10 Å². The van der Waals surface area contributed by atoms with E-state index in [1.165, 1.54) is 10.7 Å². The molecule has 2 heterocycles. The Bertz CT molecular complexity index is 786. The van der Waals surface area contributed by atoms with Crippen LogP contribution >= 0.6 is 0 Å². The monoisotopic (exact) mass is 373 g/mol. The highest BCUT2D eigenvalue weighted by atomic mass is 19.1. The highest BCUT2D eigenvalue weighted by Gasteiger charge is 2.32.